The van der Waals surface area contributed by atoms with E-state index in [1.807, 2.05) is 47.4 Å². The Hall–Kier alpha value is -3.54. The topological polar surface area (TPSA) is 71.8 Å². The highest BCUT2D eigenvalue weighted by Gasteiger charge is 2.34. The minimum absolute atomic E-state index is 0.126. The number of hydrogen-bond acceptors (Lipinski definition) is 4. The summed E-state index contributed by atoms with van der Waals surface area (Å²) in [6, 6.07) is 20.5. The third-order valence-electron chi connectivity index (χ3n) is 5.04. The molecule has 1 aromatic heterocycles. The average molecular weight is 404 g/mol. The number of nitrogens with zero attached hydrogens (tertiary/aromatic N) is 1. The van der Waals surface area contributed by atoms with E-state index in [1.165, 1.54) is 0 Å². The van der Waals surface area contributed by atoms with Crippen molar-refractivity contribution < 1.29 is 18.7 Å². The van der Waals surface area contributed by atoms with Crippen LogP contribution in [0.15, 0.2) is 71.1 Å². The third kappa shape index (κ3) is 4.71. The summed E-state index contributed by atoms with van der Waals surface area (Å²) >= 11 is 0. The molecule has 6 nitrogen and oxygen atoms in total. The number of ether oxygens (including phenoxy) is 1. The van der Waals surface area contributed by atoms with Gasteiger partial charge in [-0.05, 0) is 54.8 Å². The molecule has 6 heteroatoms. The van der Waals surface area contributed by atoms with Crippen molar-refractivity contribution in [3.05, 3.63) is 89.4 Å². The Morgan fingerprint density at radius 2 is 1.77 bits per heavy atom. The van der Waals surface area contributed by atoms with Crippen LogP contribution in [0.4, 0.5) is 0 Å². The van der Waals surface area contributed by atoms with Gasteiger partial charge in [0.2, 0.25) is 0 Å². The predicted octanol–water partition coefficient (Wildman–Crippen LogP) is 4.02. The second-order valence-corrected chi connectivity index (χ2v) is 7.31. The number of nitrogens with one attached hydrogen (secondary N) is 1. The quantitative estimate of drug-likeness (QED) is 0.615. The van der Waals surface area contributed by atoms with Crippen LogP contribution in [0.25, 0.3) is 0 Å². The van der Waals surface area contributed by atoms with E-state index in [-0.39, 0.29) is 24.5 Å². The number of rotatable bonds is 8. The smallest absolute Gasteiger partial charge is 0.290 e. The minimum Gasteiger partial charge on any atom is -0.486 e. The number of carbonyl (C=O) groups is 2. The molecule has 0 spiro atoms. The van der Waals surface area contributed by atoms with E-state index in [0.29, 0.717) is 23.6 Å². The Morgan fingerprint density at radius 1 is 1.03 bits per heavy atom. The van der Waals surface area contributed by atoms with Gasteiger partial charge in [-0.15, -0.1) is 0 Å². The largest absolute Gasteiger partial charge is 0.486 e. The fraction of sp³-hybridized carbons (Fsp3) is 0.250. The molecule has 0 atom stereocenters. The van der Waals surface area contributed by atoms with Gasteiger partial charge in [-0.2, -0.15) is 0 Å². The van der Waals surface area contributed by atoms with E-state index in [2.05, 4.69) is 5.32 Å². The summed E-state index contributed by atoms with van der Waals surface area (Å²) in [5.41, 5.74) is 1.57. The SMILES string of the molecule is CNC(=O)c1ccc(CN(C(=O)c2ccc(COc3ccccc3)o2)C2CC2)cc1. The first-order chi connectivity index (χ1) is 14.6. The lowest BCUT2D eigenvalue weighted by Crippen LogP contribution is -2.32. The summed E-state index contributed by atoms with van der Waals surface area (Å²) in [6.07, 6.45) is 1.99. The van der Waals surface area contributed by atoms with Crippen LogP contribution < -0.4 is 10.1 Å². The van der Waals surface area contributed by atoms with E-state index in [0.717, 1.165) is 24.2 Å². The van der Waals surface area contributed by atoms with Crippen LogP contribution in [0.5, 0.6) is 5.75 Å². The fourth-order valence-electron chi connectivity index (χ4n) is 3.24. The molecule has 1 fully saturated rings. The van der Waals surface area contributed by atoms with Crippen LogP contribution in [0, 0.1) is 0 Å². The van der Waals surface area contributed by atoms with E-state index < -0.39 is 0 Å². The van der Waals surface area contributed by atoms with Crippen molar-refractivity contribution in [2.24, 2.45) is 0 Å². The first-order valence-corrected chi connectivity index (χ1v) is 10.0. The van der Waals surface area contributed by atoms with E-state index in [9.17, 15) is 9.59 Å². The van der Waals surface area contributed by atoms with Gasteiger partial charge < -0.3 is 19.4 Å². The molecule has 1 aliphatic carbocycles. The van der Waals surface area contributed by atoms with Crippen LogP contribution in [-0.2, 0) is 13.2 Å². The second kappa shape index (κ2) is 8.86. The maximum atomic E-state index is 13.1. The summed E-state index contributed by atoms with van der Waals surface area (Å²) < 4.78 is 11.4. The number of para-hydroxylation sites is 1. The number of amides is 2. The number of furan rings is 1. The van der Waals surface area contributed by atoms with Crippen molar-refractivity contribution in [1.82, 2.24) is 10.2 Å². The Morgan fingerprint density at radius 3 is 2.43 bits per heavy atom. The molecule has 1 heterocycles. The monoisotopic (exact) mass is 404 g/mol. The van der Waals surface area contributed by atoms with Crippen LogP contribution in [-0.4, -0.2) is 29.8 Å². The van der Waals surface area contributed by atoms with E-state index in [1.54, 1.807) is 31.3 Å². The normalized spacial score (nSPS) is 13.0. The Balaban J connectivity index is 1.41. The zero-order valence-electron chi connectivity index (χ0n) is 16.8. The molecule has 1 saturated carbocycles. The highest BCUT2D eigenvalue weighted by molar-refractivity contribution is 5.94. The molecule has 1 N–H and O–H groups in total. The van der Waals surface area contributed by atoms with Crippen molar-refractivity contribution in [1.29, 1.82) is 0 Å². The fourth-order valence-corrected chi connectivity index (χ4v) is 3.24. The van der Waals surface area contributed by atoms with Gasteiger partial charge in [0, 0.05) is 25.2 Å². The van der Waals surface area contributed by atoms with Crippen LogP contribution in [0.3, 0.4) is 0 Å². The van der Waals surface area contributed by atoms with Gasteiger partial charge in [0.1, 0.15) is 18.1 Å². The lowest BCUT2D eigenvalue weighted by Gasteiger charge is -2.21. The van der Waals surface area contributed by atoms with Crippen molar-refractivity contribution in [2.75, 3.05) is 7.05 Å². The molecule has 3 aromatic rings. The van der Waals surface area contributed by atoms with Gasteiger partial charge in [-0.25, -0.2) is 0 Å². The van der Waals surface area contributed by atoms with Crippen molar-refractivity contribution >= 4 is 11.8 Å². The zero-order valence-corrected chi connectivity index (χ0v) is 16.8. The summed E-state index contributed by atoms with van der Waals surface area (Å²) in [5.74, 6) is 1.42. The maximum absolute atomic E-state index is 13.1. The molecule has 2 aromatic carbocycles. The van der Waals surface area contributed by atoms with Gasteiger partial charge in [-0.3, -0.25) is 9.59 Å². The molecular formula is C24H24N2O4. The van der Waals surface area contributed by atoms with Gasteiger partial charge >= 0.3 is 0 Å². The van der Waals surface area contributed by atoms with Crippen molar-refractivity contribution in [3.63, 3.8) is 0 Å². The molecule has 1 aliphatic rings. The lowest BCUT2D eigenvalue weighted by atomic mass is 10.1. The average Bonchev–Trinajstić information content (AvgIpc) is 3.53. The highest BCUT2D eigenvalue weighted by Crippen LogP contribution is 2.30. The molecule has 4 rings (SSSR count). The van der Waals surface area contributed by atoms with Gasteiger partial charge in [0.15, 0.2) is 5.76 Å². The van der Waals surface area contributed by atoms with Crippen molar-refractivity contribution in [3.8, 4) is 5.75 Å². The van der Waals surface area contributed by atoms with Crippen molar-refractivity contribution in [2.45, 2.75) is 32.0 Å². The molecule has 30 heavy (non-hydrogen) atoms. The van der Waals surface area contributed by atoms with Gasteiger partial charge in [0.05, 0.1) is 0 Å². The predicted molar refractivity (Wildman–Crippen MR) is 112 cm³/mol. The van der Waals surface area contributed by atoms with Crippen LogP contribution in [0.1, 0.15) is 45.1 Å². The first kappa shape index (κ1) is 19.8. The summed E-state index contributed by atoms with van der Waals surface area (Å²) in [5, 5.41) is 2.61. The van der Waals surface area contributed by atoms with Gasteiger partial charge in [-0.1, -0.05) is 30.3 Å². The van der Waals surface area contributed by atoms with E-state index in [4.69, 9.17) is 9.15 Å². The number of carbonyl (C=O) groups excluding carboxylic acids is 2. The third-order valence-corrected chi connectivity index (χ3v) is 5.04. The number of benzene rings is 2. The second-order valence-electron chi connectivity index (χ2n) is 7.31. The summed E-state index contributed by atoms with van der Waals surface area (Å²) in [4.78, 5) is 26.6. The molecule has 0 bridgehead atoms. The molecule has 0 unspecified atom stereocenters. The molecular weight excluding hydrogens is 380 g/mol. The first-order valence-electron chi connectivity index (χ1n) is 10.0. The highest BCUT2D eigenvalue weighted by atomic mass is 16.5. The van der Waals surface area contributed by atoms with E-state index >= 15 is 0 Å². The van der Waals surface area contributed by atoms with Gasteiger partial charge in [0.25, 0.3) is 11.8 Å². The molecule has 0 radical (unpaired) electrons. The molecule has 0 aliphatic heterocycles. The minimum atomic E-state index is -0.127. The Kier molecular flexibility index (Phi) is 5.84. The number of hydrogen-bond donors (Lipinski definition) is 1. The molecule has 0 saturated heterocycles. The zero-order chi connectivity index (χ0) is 20.9. The summed E-state index contributed by atoms with van der Waals surface area (Å²) in [6.45, 7) is 0.746. The van der Waals surface area contributed by atoms with Crippen LogP contribution >= 0.6 is 0 Å². The van der Waals surface area contributed by atoms with Crippen LogP contribution in [0.2, 0.25) is 0 Å². The molecule has 2 amide bonds. The molecule has 154 valence electrons. The maximum Gasteiger partial charge on any atom is 0.290 e. The standard InChI is InChI=1S/C24H24N2O4/c1-25-23(27)18-9-7-17(8-10-18)15-26(19-11-12-19)24(28)22-14-13-21(30-22)16-29-20-5-3-2-4-6-20/h2-10,13-14,19H,11-12,15-16H2,1H3,(H,25,27). The Labute approximate surface area is 175 Å². The Bertz CT molecular complexity index is 1010. The summed E-state index contributed by atoms with van der Waals surface area (Å²) in [7, 11) is 1.60. The lowest BCUT2D eigenvalue weighted by molar-refractivity contribution is 0.0693.